The topological polar surface area (TPSA) is 41.4 Å². The number of hydrogen-bond acceptors (Lipinski definition) is 3. The molecule has 0 saturated carbocycles. The molecule has 0 bridgehead atoms. The lowest BCUT2D eigenvalue weighted by Crippen LogP contribution is -2.42. The zero-order chi connectivity index (χ0) is 16.2. The van der Waals surface area contributed by atoms with E-state index in [0.29, 0.717) is 6.54 Å². The van der Waals surface area contributed by atoms with Crippen LogP contribution in [0.25, 0.3) is 0 Å². The van der Waals surface area contributed by atoms with E-state index in [-0.39, 0.29) is 5.91 Å². The maximum atomic E-state index is 12.8. The van der Waals surface area contributed by atoms with Gasteiger partial charge in [-0.25, -0.2) is 4.98 Å². The van der Waals surface area contributed by atoms with E-state index >= 15 is 0 Å². The third-order valence-corrected chi connectivity index (χ3v) is 4.90. The van der Waals surface area contributed by atoms with Crippen molar-refractivity contribution in [3.05, 3.63) is 29.5 Å². The third kappa shape index (κ3) is 3.66. The van der Waals surface area contributed by atoms with Gasteiger partial charge in [-0.1, -0.05) is 13.0 Å². The van der Waals surface area contributed by atoms with Crippen molar-refractivity contribution < 1.29 is 4.79 Å². The number of hydrogen-bond donors (Lipinski definition) is 0. The van der Waals surface area contributed by atoms with Gasteiger partial charge in [0.15, 0.2) is 0 Å². The Morgan fingerprint density at radius 2 is 2.22 bits per heavy atom. The number of carbonyl (C=O) groups is 1. The van der Waals surface area contributed by atoms with Crippen LogP contribution in [0.15, 0.2) is 18.1 Å². The van der Waals surface area contributed by atoms with Gasteiger partial charge in [0.05, 0.1) is 18.6 Å². The Morgan fingerprint density at radius 3 is 2.96 bits per heavy atom. The van der Waals surface area contributed by atoms with E-state index in [1.807, 2.05) is 18.3 Å². The first-order valence-electron chi connectivity index (χ1n) is 8.90. The number of rotatable bonds is 5. The lowest BCUT2D eigenvalue weighted by Gasteiger charge is -2.31. The lowest BCUT2D eigenvalue weighted by atomic mass is 10.0. The molecule has 0 radical (unpaired) electrons. The van der Waals surface area contributed by atoms with Gasteiger partial charge in [0.25, 0.3) is 0 Å². The molecule has 2 heterocycles. The Bertz CT molecular complexity index is 590. The van der Waals surface area contributed by atoms with E-state index in [1.165, 1.54) is 24.2 Å². The summed E-state index contributed by atoms with van der Waals surface area (Å²) in [5, 5.41) is 0. The van der Waals surface area contributed by atoms with E-state index in [0.717, 1.165) is 51.0 Å². The van der Waals surface area contributed by atoms with Crippen LogP contribution in [0.5, 0.6) is 0 Å². The summed E-state index contributed by atoms with van der Waals surface area (Å²) in [6.07, 6.45) is 10.8. The van der Waals surface area contributed by atoms with Gasteiger partial charge in [-0.3, -0.25) is 9.69 Å². The van der Waals surface area contributed by atoms with Crippen LogP contribution in [-0.2, 0) is 24.8 Å². The van der Waals surface area contributed by atoms with Crippen molar-refractivity contribution in [3.63, 3.8) is 0 Å². The molecular weight excluding hydrogens is 288 g/mol. The van der Waals surface area contributed by atoms with Crippen LogP contribution in [0.2, 0.25) is 0 Å². The highest BCUT2D eigenvalue weighted by Gasteiger charge is 2.25. The summed E-state index contributed by atoms with van der Waals surface area (Å²) in [5.41, 5.74) is 3.69. The molecule has 1 amide bonds. The molecule has 0 N–H and O–H groups in total. The number of nitrogens with zero attached hydrogens (tertiary/aromatic N) is 4. The van der Waals surface area contributed by atoms with Crippen molar-refractivity contribution in [2.45, 2.75) is 52.0 Å². The van der Waals surface area contributed by atoms with E-state index < -0.39 is 0 Å². The van der Waals surface area contributed by atoms with Gasteiger partial charge in [-0.2, -0.15) is 0 Å². The van der Waals surface area contributed by atoms with Gasteiger partial charge in [-0.05, 0) is 32.1 Å². The second-order valence-electron chi connectivity index (χ2n) is 6.70. The zero-order valence-electron chi connectivity index (χ0n) is 14.4. The van der Waals surface area contributed by atoms with Crippen molar-refractivity contribution >= 4 is 5.91 Å². The number of amides is 1. The summed E-state index contributed by atoms with van der Waals surface area (Å²) in [7, 11) is 2.05. The predicted octanol–water partition coefficient (Wildman–Crippen LogP) is 2.47. The smallest absolute Gasteiger partial charge is 0.240 e. The van der Waals surface area contributed by atoms with Gasteiger partial charge in [0, 0.05) is 44.5 Å². The third-order valence-electron chi connectivity index (χ3n) is 4.90. The zero-order valence-corrected chi connectivity index (χ0v) is 14.4. The van der Waals surface area contributed by atoms with Crippen LogP contribution in [0.3, 0.4) is 0 Å². The highest BCUT2D eigenvalue weighted by molar-refractivity contribution is 5.80. The predicted molar refractivity (Wildman–Crippen MR) is 90.7 cm³/mol. The number of fused-ring (bicyclic) bond motifs is 1. The normalized spacial score (nSPS) is 18.4. The molecule has 0 unspecified atom stereocenters. The maximum absolute atomic E-state index is 12.8. The Hall–Kier alpha value is -1.62. The molecule has 0 spiro atoms. The molecule has 2 aliphatic rings. The summed E-state index contributed by atoms with van der Waals surface area (Å²) in [6.45, 7) is 5.23. The van der Waals surface area contributed by atoms with Crippen LogP contribution >= 0.6 is 0 Å². The number of aromatic nitrogens is 2. The second kappa shape index (κ2) is 7.30. The van der Waals surface area contributed by atoms with Gasteiger partial charge >= 0.3 is 0 Å². The van der Waals surface area contributed by atoms with Gasteiger partial charge < -0.3 is 9.47 Å². The fraction of sp³-hybridized carbons (Fsp3) is 0.667. The SMILES string of the molecule is CCCN(C(=O)CN1CCc2c(ncn2C)C1)C1=CCCCC1. The van der Waals surface area contributed by atoms with E-state index in [2.05, 4.69) is 27.5 Å². The standard InChI is InChI=1S/C18H28N4O/c1-3-10-22(15-7-5-4-6-8-15)18(23)13-21-11-9-17-16(12-21)19-14-20(17)2/h7,14H,3-6,8-13H2,1-2H3. The van der Waals surface area contributed by atoms with E-state index in [1.54, 1.807) is 0 Å². The fourth-order valence-electron chi connectivity index (χ4n) is 3.64. The minimum atomic E-state index is 0.249. The first-order valence-corrected chi connectivity index (χ1v) is 8.90. The maximum Gasteiger partial charge on any atom is 0.240 e. The van der Waals surface area contributed by atoms with Crippen LogP contribution < -0.4 is 0 Å². The average molecular weight is 316 g/mol. The van der Waals surface area contributed by atoms with Crippen LogP contribution in [-0.4, -0.2) is 44.9 Å². The van der Waals surface area contributed by atoms with Crippen molar-refractivity contribution in [2.75, 3.05) is 19.6 Å². The molecule has 0 fully saturated rings. The summed E-state index contributed by atoms with van der Waals surface area (Å²) in [4.78, 5) is 21.6. The molecule has 1 aromatic heterocycles. The lowest BCUT2D eigenvalue weighted by molar-refractivity contribution is -0.131. The molecule has 0 atom stereocenters. The van der Waals surface area contributed by atoms with E-state index in [9.17, 15) is 4.79 Å². The quantitative estimate of drug-likeness (QED) is 0.838. The molecule has 0 aromatic carbocycles. The molecular formula is C18H28N4O. The summed E-state index contributed by atoms with van der Waals surface area (Å²) < 4.78 is 2.10. The monoisotopic (exact) mass is 316 g/mol. The fourth-order valence-corrected chi connectivity index (χ4v) is 3.64. The van der Waals surface area contributed by atoms with Crippen LogP contribution in [0.4, 0.5) is 0 Å². The summed E-state index contributed by atoms with van der Waals surface area (Å²) in [5.74, 6) is 0.249. The molecule has 1 aliphatic heterocycles. The van der Waals surface area contributed by atoms with Crippen molar-refractivity contribution in [1.29, 1.82) is 0 Å². The highest BCUT2D eigenvalue weighted by Crippen LogP contribution is 2.22. The minimum absolute atomic E-state index is 0.249. The molecule has 5 heteroatoms. The molecule has 5 nitrogen and oxygen atoms in total. The van der Waals surface area contributed by atoms with Crippen molar-refractivity contribution in [2.24, 2.45) is 7.05 Å². The van der Waals surface area contributed by atoms with Crippen LogP contribution in [0, 0.1) is 0 Å². The number of aryl methyl sites for hydroxylation is 1. The summed E-state index contributed by atoms with van der Waals surface area (Å²) >= 11 is 0. The molecule has 1 aliphatic carbocycles. The van der Waals surface area contributed by atoms with Gasteiger partial charge in [-0.15, -0.1) is 0 Å². The Morgan fingerprint density at radius 1 is 1.35 bits per heavy atom. The molecule has 0 saturated heterocycles. The second-order valence-corrected chi connectivity index (χ2v) is 6.70. The highest BCUT2D eigenvalue weighted by atomic mass is 16.2. The molecule has 3 rings (SSSR count). The Balaban J connectivity index is 1.64. The minimum Gasteiger partial charge on any atom is -0.337 e. The van der Waals surface area contributed by atoms with Gasteiger partial charge in [0.2, 0.25) is 5.91 Å². The first kappa shape index (κ1) is 16.2. The summed E-state index contributed by atoms with van der Waals surface area (Å²) in [6, 6.07) is 0. The Kier molecular flexibility index (Phi) is 5.16. The number of carbonyl (C=O) groups excluding carboxylic acids is 1. The Labute approximate surface area is 139 Å². The molecule has 1 aromatic rings. The number of allylic oxidation sites excluding steroid dienone is 2. The van der Waals surface area contributed by atoms with Crippen molar-refractivity contribution in [1.82, 2.24) is 19.4 Å². The van der Waals surface area contributed by atoms with Gasteiger partial charge in [0.1, 0.15) is 0 Å². The molecule has 23 heavy (non-hydrogen) atoms. The van der Waals surface area contributed by atoms with E-state index in [4.69, 9.17) is 0 Å². The first-order chi connectivity index (χ1) is 11.2. The molecule has 126 valence electrons. The largest absolute Gasteiger partial charge is 0.337 e. The van der Waals surface area contributed by atoms with Crippen LogP contribution in [0.1, 0.15) is 50.4 Å². The average Bonchev–Trinajstić information content (AvgIpc) is 2.94. The van der Waals surface area contributed by atoms with Crippen molar-refractivity contribution in [3.8, 4) is 0 Å². The number of imidazole rings is 1.